The summed E-state index contributed by atoms with van der Waals surface area (Å²) < 4.78 is 6.13. The van der Waals surface area contributed by atoms with Gasteiger partial charge in [0.05, 0.1) is 12.2 Å². The number of imide groups is 1. The Kier molecular flexibility index (Phi) is 4.26. The summed E-state index contributed by atoms with van der Waals surface area (Å²) in [6.45, 7) is 5.82. The second-order valence-corrected chi connectivity index (χ2v) is 8.20. The van der Waals surface area contributed by atoms with E-state index in [2.05, 4.69) is 21.2 Å². The molecule has 1 N–H and O–H groups in total. The van der Waals surface area contributed by atoms with Crippen molar-refractivity contribution in [3.05, 3.63) is 28.7 Å². The molecule has 2 heterocycles. The van der Waals surface area contributed by atoms with Crippen molar-refractivity contribution in [1.82, 2.24) is 10.2 Å². The van der Waals surface area contributed by atoms with Crippen LogP contribution < -0.4 is 10.2 Å². The second kappa shape index (κ2) is 6.01. The SMILES string of the molecule is CC(C)(C)OC(=O)N1CCC2(C1)NC(=O)N(c1cccc(Br)c1)C2=O. The van der Waals surface area contributed by atoms with E-state index in [9.17, 15) is 14.4 Å². The number of carbonyl (C=O) groups is 3. The van der Waals surface area contributed by atoms with E-state index in [0.29, 0.717) is 18.7 Å². The van der Waals surface area contributed by atoms with Crippen LogP contribution in [0.4, 0.5) is 15.3 Å². The van der Waals surface area contributed by atoms with Crippen LogP contribution in [0.2, 0.25) is 0 Å². The molecule has 1 aromatic carbocycles. The van der Waals surface area contributed by atoms with Crippen molar-refractivity contribution < 1.29 is 19.1 Å². The quantitative estimate of drug-likeness (QED) is 0.723. The molecule has 2 aliphatic rings. The van der Waals surface area contributed by atoms with E-state index in [4.69, 9.17) is 4.74 Å². The van der Waals surface area contributed by atoms with Gasteiger partial charge in [0.15, 0.2) is 0 Å². The Morgan fingerprint density at radius 3 is 2.68 bits per heavy atom. The Morgan fingerprint density at radius 2 is 2.04 bits per heavy atom. The highest BCUT2D eigenvalue weighted by Crippen LogP contribution is 2.33. The smallest absolute Gasteiger partial charge is 0.410 e. The molecule has 0 radical (unpaired) electrons. The van der Waals surface area contributed by atoms with Crippen LogP contribution in [0, 0.1) is 0 Å². The lowest BCUT2D eigenvalue weighted by atomic mass is 9.99. The number of likely N-dealkylation sites (tertiary alicyclic amines) is 1. The molecular formula is C17H20BrN3O4. The molecule has 2 fully saturated rings. The number of nitrogens with one attached hydrogen (secondary N) is 1. The van der Waals surface area contributed by atoms with Crippen LogP contribution in [-0.2, 0) is 9.53 Å². The number of hydrogen-bond donors (Lipinski definition) is 1. The van der Waals surface area contributed by atoms with E-state index in [1.807, 2.05) is 6.07 Å². The Labute approximate surface area is 154 Å². The van der Waals surface area contributed by atoms with Gasteiger partial charge in [-0.15, -0.1) is 0 Å². The first-order chi connectivity index (χ1) is 11.6. The Morgan fingerprint density at radius 1 is 1.32 bits per heavy atom. The van der Waals surface area contributed by atoms with Crippen molar-refractivity contribution in [1.29, 1.82) is 0 Å². The Hall–Kier alpha value is -2.09. The number of halogens is 1. The summed E-state index contributed by atoms with van der Waals surface area (Å²) in [6, 6.07) is 6.50. The fraction of sp³-hybridized carbons (Fsp3) is 0.471. The molecular weight excluding hydrogens is 390 g/mol. The summed E-state index contributed by atoms with van der Waals surface area (Å²) in [6.07, 6.45) is -0.117. The number of urea groups is 1. The number of carbonyl (C=O) groups excluding carboxylic acids is 3. The van der Waals surface area contributed by atoms with Gasteiger partial charge in [-0.25, -0.2) is 14.5 Å². The Balaban J connectivity index is 1.79. The van der Waals surface area contributed by atoms with Crippen molar-refractivity contribution in [3.8, 4) is 0 Å². The fourth-order valence-electron chi connectivity index (χ4n) is 3.04. The number of rotatable bonds is 1. The average molecular weight is 410 g/mol. The van der Waals surface area contributed by atoms with Crippen LogP contribution >= 0.6 is 15.9 Å². The zero-order valence-electron chi connectivity index (χ0n) is 14.3. The van der Waals surface area contributed by atoms with Crippen LogP contribution in [0.1, 0.15) is 27.2 Å². The van der Waals surface area contributed by atoms with Gasteiger partial charge in [-0.1, -0.05) is 22.0 Å². The molecule has 4 amide bonds. The van der Waals surface area contributed by atoms with E-state index < -0.39 is 23.3 Å². The van der Waals surface area contributed by atoms with Gasteiger partial charge in [0, 0.05) is 11.0 Å². The van der Waals surface area contributed by atoms with Gasteiger partial charge >= 0.3 is 12.1 Å². The van der Waals surface area contributed by atoms with Gasteiger partial charge in [0.1, 0.15) is 11.1 Å². The molecule has 0 aliphatic carbocycles. The van der Waals surface area contributed by atoms with Gasteiger partial charge in [-0.05, 0) is 45.4 Å². The molecule has 3 rings (SSSR count). The molecule has 134 valence electrons. The molecule has 25 heavy (non-hydrogen) atoms. The largest absolute Gasteiger partial charge is 0.444 e. The second-order valence-electron chi connectivity index (χ2n) is 7.28. The van der Waals surface area contributed by atoms with Crippen LogP contribution in [0.15, 0.2) is 28.7 Å². The number of ether oxygens (including phenoxy) is 1. The van der Waals surface area contributed by atoms with Gasteiger partial charge in [-0.2, -0.15) is 0 Å². The molecule has 1 aromatic rings. The highest BCUT2D eigenvalue weighted by atomic mass is 79.9. The first-order valence-electron chi connectivity index (χ1n) is 8.01. The van der Waals surface area contributed by atoms with Crippen LogP contribution in [0.5, 0.6) is 0 Å². The third-order valence-corrected chi connectivity index (χ3v) is 4.64. The van der Waals surface area contributed by atoms with E-state index >= 15 is 0 Å². The number of hydrogen-bond acceptors (Lipinski definition) is 4. The minimum Gasteiger partial charge on any atom is -0.444 e. The maximum absolute atomic E-state index is 13.0. The third kappa shape index (κ3) is 3.35. The lowest BCUT2D eigenvalue weighted by Crippen LogP contribution is -2.50. The highest BCUT2D eigenvalue weighted by molar-refractivity contribution is 9.10. The van der Waals surface area contributed by atoms with E-state index in [1.165, 1.54) is 4.90 Å². The van der Waals surface area contributed by atoms with Crippen molar-refractivity contribution in [3.63, 3.8) is 0 Å². The first kappa shape index (κ1) is 17.7. The molecule has 0 saturated carbocycles. The monoisotopic (exact) mass is 409 g/mol. The summed E-state index contributed by atoms with van der Waals surface area (Å²) in [5, 5.41) is 2.77. The summed E-state index contributed by atoms with van der Waals surface area (Å²) in [4.78, 5) is 40.2. The topological polar surface area (TPSA) is 79.0 Å². The number of benzene rings is 1. The van der Waals surface area contributed by atoms with Crippen molar-refractivity contribution in [2.24, 2.45) is 0 Å². The maximum atomic E-state index is 13.0. The highest BCUT2D eigenvalue weighted by Gasteiger charge is 2.56. The summed E-state index contributed by atoms with van der Waals surface area (Å²) in [5.74, 6) is -0.346. The zero-order chi connectivity index (χ0) is 18.4. The zero-order valence-corrected chi connectivity index (χ0v) is 15.9. The predicted octanol–water partition coefficient (Wildman–Crippen LogP) is 2.88. The van der Waals surface area contributed by atoms with E-state index in [0.717, 1.165) is 9.37 Å². The Bertz CT molecular complexity index is 746. The van der Waals surface area contributed by atoms with E-state index in [-0.39, 0.29) is 12.5 Å². The van der Waals surface area contributed by atoms with Gasteiger partial charge < -0.3 is 15.0 Å². The lowest BCUT2D eigenvalue weighted by Gasteiger charge is -2.25. The molecule has 0 aromatic heterocycles. The van der Waals surface area contributed by atoms with Crippen LogP contribution in [0.3, 0.4) is 0 Å². The lowest BCUT2D eigenvalue weighted by molar-refractivity contribution is -0.121. The molecule has 8 heteroatoms. The summed E-state index contributed by atoms with van der Waals surface area (Å²) >= 11 is 3.34. The van der Waals surface area contributed by atoms with Crippen LogP contribution in [0.25, 0.3) is 0 Å². The maximum Gasteiger partial charge on any atom is 0.410 e. The van der Waals surface area contributed by atoms with Crippen molar-refractivity contribution in [2.75, 3.05) is 18.0 Å². The number of amides is 4. The summed E-state index contributed by atoms with van der Waals surface area (Å²) in [7, 11) is 0. The minimum atomic E-state index is -1.09. The third-order valence-electron chi connectivity index (χ3n) is 4.15. The fourth-order valence-corrected chi connectivity index (χ4v) is 3.43. The normalized spacial score (nSPS) is 23.4. The first-order valence-corrected chi connectivity index (χ1v) is 8.81. The van der Waals surface area contributed by atoms with Crippen molar-refractivity contribution in [2.45, 2.75) is 38.3 Å². The molecule has 1 unspecified atom stereocenters. The molecule has 0 bridgehead atoms. The minimum absolute atomic E-state index is 0.108. The van der Waals surface area contributed by atoms with Crippen molar-refractivity contribution >= 4 is 39.6 Å². The number of nitrogens with zero attached hydrogens (tertiary/aromatic N) is 2. The van der Waals surface area contributed by atoms with Gasteiger partial charge in [0.25, 0.3) is 5.91 Å². The molecule has 2 aliphatic heterocycles. The molecule has 2 saturated heterocycles. The standard InChI is InChI=1S/C17H20BrN3O4/c1-16(2,3)25-15(24)20-8-7-17(10-20)13(22)21(14(23)19-17)12-6-4-5-11(18)9-12/h4-6,9H,7-8,10H2,1-3H3,(H,19,23). The number of anilines is 1. The van der Waals surface area contributed by atoms with Crippen LogP contribution in [-0.4, -0.2) is 47.2 Å². The molecule has 1 spiro atoms. The van der Waals surface area contributed by atoms with Gasteiger partial charge in [0.2, 0.25) is 0 Å². The molecule has 7 nitrogen and oxygen atoms in total. The molecule has 1 atom stereocenters. The average Bonchev–Trinajstić information content (AvgIpc) is 3.00. The summed E-state index contributed by atoms with van der Waals surface area (Å²) in [5.41, 5.74) is -1.21. The van der Waals surface area contributed by atoms with E-state index in [1.54, 1.807) is 39.0 Å². The predicted molar refractivity (Wildman–Crippen MR) is 95.3 cm³/mol. The van der Waals surface area contributed by atoms with Gasteiger partial charge in [-0.3, -0.25) is 4.79 Å².